The van der Waals surface area contributed by atoms with Crippen LogP contribution in [0.15, 0.2) is 29.8 Å². The Balaban J connectivity index is 1.97. The Kier molecular flexibility index (Phi) is 4.17. The van der Waals surface area contributed by atoms with E-state index in [1.165, 1.54) is 0 Å². The third-order valence-corrected chi connectivity index (χ3v) is 5.93. The van der Waals surface area contributed by atoms with Crippen LogP contribution in [-0.2, 0) is 4.79 Å². The van der Waals surface area contributed by atoms with Gasteiger partial charge in [-0.05, 0) is 54.5 Å². The summed E-state index contributed by atoms with van der Waals surface area (Å²) in [6, 6.07) is 7.56. The summed E-state index contributed by atoms with van der Waals surface area (Å²) >= 11 is 6.03. The molecule has 1 aromatic carbocycles. The molecule has 0 spiro atoms. The maximum Gasteiger partial charge on any atom is 0.161 e. The number of halogens is 1. The third kappa shape index (κ3) is 2.63. The van der Waals surface area contributed by atoms with Crippen molar-refractivity contribution in [1.29, 1.82) is 0 Å². The Morgan fingerprint density at radius 1 is 1.36 bits per heavy atom. The van der Waals surface area contributed by atoms with Crippen LogP contribution in [0.3, 0.4) is 0 Å². The van der Waals surface area contributed by atoms with Crippen LogP contribution in [0.25, 0.3) is 6.08 Å². The molecule has 3 heteroatoms. The first-order chi connectivity index (χ1) is 10.4. The second-order valence-electron chi connectivity index (χ2n) is 7.11. The van der Waals surface area contributed by atoms with Gasteiger partial charge in [-0.25, -0.2) is 0 Å². The molecule has 2 aliphatic carbocycles. The van der Waals surface area contributed by atoms with Crippen molar-refractivity contribution in [2.75, 3.05) is 0 Å². The molecule has 0 aliphatic heterocycles. The van der Waals surface area contributed by atoms with Gasteiger partial charge in [-0.2, -0.15) is 0 Å². The fourth-order valence-corrected chi connectivity index (χ4v) is 4.60. The average molecular weight is 319 g/mol. The number of rotatable bonds is 1. The van der Waals surface area contributed by atoms with E-state index in [0.717, 1.165) is 30.4 Å². The topological polar surface area (TPSA) is 37.3 Å². The van der Waals surface area contributed by atoms with E-state index in [9.17, 15) is 9.90 Å². The van der Waals surface area contributed by atoms with Gasteiger partial charge in [0.05, 0.1) is 6.10 Å². The number of ketones is 1. The molecule has 2 nitrogen and oxygen atoms in total. The van der Waals surface area contributed by atoms with Crippen LogP contribution in [0, 0.1) is 17.3 Å². The van der Waals surface area contributed by atoms with E-state index in [1.807, 2.05) is 37.3 Å². The molecule has 0 aromatic heterocycles. The van der Waals surface area contributed by atoms with E-state index in [4.69, 9.17) is 11.6 Å². The minimum absolute atomic E-state index is 0.0147. The first kappa shape index (κ1) is 15.8. The van der Waals surface area contributed by atoms with Crippen molar-refractivity contribution in [2.45, 2.75) is 45.6 Å². The molecule has 0 saturated heterocycles. The van der Waals surface area contributed by atoms with Crippen LogP contribution in [0.2, 0.25) is 5.02 Å². The number of aliphatic hydroxyl groups excluding tert-OH is 1. The Hall–Kier alpha value is -1.12. The summed E-state index contributed by atoms with van der Waals surface area (Å²) in [4.78, 5) is 12.7. The molecule has 0 radical (unpaired) electrons. The van der Waals surface area contributed by atoms with Gasteiger partial charge in [0.25, 0.3) is 0 Å². The first-order valence-corrected chi connectivity index (χ1v) is 8.48. The Morgan fingerprint density at radius 2 is 2.14 bits per heavy atom. The molecule has 118 valence electrons. The number of carbonyl (C=O) groups excluding carboxylic acids is 1. The van der Waals surface area contributed by atoms with Crippen LogP contribution in [0.4, 0.5) is 0 Å². The molecule has 2 saturated carbocycles. The molecule has 22 heavy (non-hydrogen) atoms. The van der Waals surface area contributed by atoms with Gasteiger partial charge in [0.2, 0.25) is 0 Å². The van der Waals surface area contributed by atoms with Crippen molar-refractivity contribution in [3.05, 3.63) is 40.4 Å². The van der Waals surface area contributed by atoms with E-state index in [-0.39, 0.29) is 23.2 Å². The molecular formula is C19H23ClO2. The van der Waals surface area contributed by atoms with Gasteiger partial charge >= 0.3 is 0 Å². The van der Waals surface area contributed by atoms with E-state index in [1.54, 1.807) is 0 Å². The van der Waals surface area contributed by atoms with Crippen molar-refractivity contribution >= 4 is 23.5 Å². The van der Waals surface area contributed by atoms with Gasteiger partial charge in [0, 0.05) is 16.4 Å². The number of carbonyl (C=O) groups is 1. The lowest BCUT2D eigenvalue weighted by Crippen LogP contribution is -2.51. The Morgan fingerprint density at radius 3 is 2.86 bits per heavy atom. The van der Waals surface area contributed by atoms with Gasteiger partial charge in [0.15, 0.2) is 5.78 Å². The maximum absolute atomic E-state index is 12.7. The Labute approximate surface area is 137 Å². The largest absolute Gasteiger partial charge is 0.393 e. The lowest BCUT2D eigenvalue weighted by Gasteiger charge is -2.51. The van der Waals surface area contributed by atoms with Gasteiger partial charge < -0.3 is 5.11 Å². The number of fused-ring (bicyclic) bond motifs is 1. The van der Waals surface area contributed by atoms with Gasteiger partial charge in [-0.3, -0.25) is 4.79 Å². The molecule has 1 aromatic rings. The average Bonchev–Trinajstić information content (AvgIpc) is 2.47. The van der Waals surface area contributed by atoms with Crippen molar-refractivity contribution in [1.82, 2.24) is 0 Å². The predicted octanol–water partition coefficient (Wildman–Crippen LogP) is 4.50. The smallest absolute Gasteiger partial charge is 0.161 e. The summed E-state index contributed by atoms with van der Waals surface area (Å²) in [7, 11) is 0. The number of hydrogen-bond acceptors (Lipinski definition) is 2. The standard InChI is InChI=1S/C19H23ClO2/c1-12-16-7-4-8-17(21)19(16,2)11-14(18(12)22)9-13-5-3-6-15(20)10-13/h3,5-6,9-10,12,16-17,21H,4,7-8,11H2,1-2H3/b14-9-/t12?,16?,17-,19-/m0/s1. The zero-order chi connectivity index (χ0) is 15.9. The van der Waals surface area contributed by atoms with Crippen molar-refractivity contribution in [3.63, 3.8) is 0 Å². The summed E-state index contributed by atoms with van der Waals surface area (Å²) < 4.78 is 0. The fraction of sp³-hybridized carbons (Fsp3) is 0.526. The highest BCUT2D eigenvalue weighted by atomic mass is 35.5. The van der Waals surface area contributed by atoms with Gasteiger partial charge in [0.1, 0.15) is 0 Å². The highest BCUT2D eigenvalue weighted by molar-refractivity contribution is 6.30. The summed E-state index contributed by atoms with van der Waals surface area (Å²) in [6.45, 7) is 4.17. The van der Waals surface area contributed by atoms with Crippen LogP contribution < -0.4 is 0 Å². The molecule has 2 fully saturated rings. The number of Topliss-reactive ketones (excluding diaryl/α,β-unsaturated/α-hetero) is 1. The van der Waals surface area contributed by atoms with E-state index in [2.05, 4.69) is 6.92 Å². The Bertz CT molecular complexity index is 622. The molecule has 2 aliphatic rings. The summed E-state index contributed by atoms with van der Waals surface area (Å²) in [6.07, 6.45) is 5.21. The highest BCUT2D eigenvalue weighted by Crippen LogP contribution is 2.53. The zero-order valence-electron chi connectivity index (χ0n) is 13.2. The highest BCUT2D eigenvalue weighted by Gasteiger charge is 2.51. The van der Waals surface area contributed by atoms with E-state index >= 15 is 0 Å². The van der Waals surface area contributed by atoms with E-state index in [0.29, 0.717) is 17.4 Å². The quantitative estimate of drug-likeness (QED) is 0.774. The first-order valence-electron chi connectivity index (χ1n) is 8.10. The molecule has 2 unspecified atom stereocenters. The molecule has 4 atom stereocenters. The predicted molar refractivity (Wildman–Crippen MR) is 89.7 cm³/mol. The summed E-state index contributed by atoms with van der Waals surface area (Å²) in [5, 5.41) is 11.2. The molecule has 0 amide bonds. The molecule has 3 rings (SSSR count). The number of hydrogen-bond donors (Lipinski definition) is 1. The number of allylic oxidation sites excluding steroid dienone is 1. The van der Waals surface area contributed by atoms with Gasteiger partial charge in [-0.1, -0.05) is 44.0 Å². The minimum Gasteiger partial charge on any atom is -0.393 e. The normalized spacial score (nSPS) is 37.2. The molecule has 0 bridgehead atoms. The molecular weight excluding hydrogens is 296 g/mol. The fourth-order valence-electron chi connectivity index (χ4n) is 4.40. The second-order valence-corrected chi connectivity index (χ2v) is 7.55. The molecule has 0 heterocycles. The van der Waals surface area contributed by atoms with Crippen molar-refractivity contribution in [3.8, 4) is 0 Å². The minimum atomic E-state index is -0.315. The third-order valence-electron chi connectivity index (χ3n) is 5.70. The monoisotopic (exact) mass is 318 g/mol. The van der Waals surface area contributed by atoms with Crippen LogP contribution in [0.5, 0.6) is 0 Å². The lowest BCUT2D eigenvalue weighted by atomic mass is 9.54. The number of aliphatic hydroxyl groups is 1. The zero-order valence-corrected chi connectivity index (χ0v) is 13.9. The van der Waals surface area contributed by atoms with Crippen molar-refractivity contribution < 1.29 is 9.90 Å². The van der Waals surface area contributed by atoms with Crippen LogP contribution >= 0.6 is 11.6 Å². The number of benzene rings is 1. The second kappa shape index (κ2) is 5.82. The SMILES string of the molecule is CC1C(=O)/C(=C\c2cccc(Cl)c2)C[C@@]2(C)C1CCC[C@@H]2O. The summed E-state index contributed by atoms with van der Waals surface area (Å²) in [5.74, 6) is 0.510. The van der Waals surface area contributed by atoms with Crippen LogP contribution in [-0.4, -0.2) is 17.0 Å². The van der Waals surface area contributed by atoms with Crippen molar-refractivity contribution in [2.24, 2.45) is 17.3 Å². The maximum atomic E-state index is 12.7. The molecule has 1 N–H and O–H groups in total. The summed E-state index contributed by atoms with van der Waals surface area (Å²) in [5.41, 5.74) is 1.60. The van der Waals surface area contributed by atoms with E-state index < -0.39 is 0 Å². The lowest BCUT2D eigenvalue weighted by molar-refractivity contribution is -0.133. The van der Waals surface area contributed by atoms with Crippen LogP contribution in [0.1, 0.15) is 45.1 Å². The van der Waals surface area contributed by atoms with Gasteiger partial charge in [-0.15, -0.1) is 0 Å².